The summed E-state index contributed by atoms with van der Waals surface area (Å²) in [5, 5.41) is 0. The highest BCUT2D eigenvalue weighted by Crippen LogP contribution is 2.23. The fraction of sp³-hybridized carbons (Fsp3) is 0.536. The summed E-state index contributed by atoms with van der Waals surface area (Å²) in [6.07, 6.45) is 5.11. The van der Waals surface area contributed by atoms with Gasteiger partial charge in [0.15, 0.2) is 0 Å². The van der Waals surface area contributed by atoms with Gasteiger partial charge >= 0.3 is 0 Å². The minimum atomic E-state index is 0.151. The summed E-state index contributed by atoms with van der Waals surface area (Å²) in [4.78, 5) is 19.9. The lowest BCUT2D eigenvalue weighted by Gasteiger charge is -2.36. The van der Waals surface area contributed by atoms with Gasteiger partial charge in [0, 0.05) is 50.0 Å². The molecule has 2 saturated heterocycles. The van der Waals surface area contributed by atoms with Crippen molar-refractivity contribution in [3.63, 3.8) is 0 Å². The molecule has 33 heavy (non-hydrogen) atoms. The third-order valence-corrected chi connectivity index (χ3v) is 7.40. The zero-order chi connectivity index (χ0) is 23.2. The van der Waals surface area contributed by atoms with Gasteiger partial charge in [0.25, 0.3) is 5.91 Å². The van der Waals surface area contributed by atoms with E-state index in [2.05, 4.69) is 54.0 Å². The number of likely N-dealkylation sites (tertiary alicyclic amines) is 1. The van der Waals surface area contributed by atoms with Gasteiger partial charge in [-0.05, 0) is 88.0 Å². The summed E-state index contributed by atoms with van der Waals surface area (Å²) < 4.78 is 5.99. The largest absolute Gasteiger partial charge is 0.494 e. The number of piperazine rings is 1. The number of anilines is 1. The van der Waals surface area contributed by atoms with Crippen LogP contribution < -0.4 is 9.64 Å². The number of piperidine rings is 1. The number of nitrogens with zero attached hydrogens (tertiary/aromatic N) is 3. The smallest absolute Gasteiger partial charge is 0.254 e. The molecule has 5 nitrogen and oxygen atoms in total. The second-order valence-electron chi connectivity index (χ2n) is 9.60. The van der Waals surface area contributed by atoms with Crippen molar-refractivity contribution in [3.05, 3.63) is 59.2 Å². The Labute approximate surface area is 199 Å². The summed E-state index contributed by atoms with van der Waals surface area (Å²) in [6, 6.07) is 15.1. The van der Waals surface area contributed by atoms with Gasteiger partial charge in [-0.15, -0.1) is 0 Å². The maximum atomic E-state index is 13.0. The molecule has 2 fully saturated rings. The van der Waals surface area contributed by atoms with Crippen LogP contribution in [-0.4, -0.2) is 67.6 Å². The van der Waals surface area contributed by atoms with Crippen molar-refractivity contribution in [3.8, 4) is 5.75 Å². The molecule has 0 bridgehead atoms. The molecule has 2 aliphatic heterocycles. The Bertz CT molecular complexity index is 919. The van der Waals surface area contributed by atoms with Gasteiger partial charge in [0.1, 0.15) is 5.75 Å². The van der Waals surface area contributed by atoms with Crippen LogP contribution >= 0.6 is 0 Å². The SMILES string of the molecule is Cc1cccc(C(=O)N2CCN(c3ccc(OCCCN4CCCCC4C)cc3)CC2)c1C. The molecule has 178 valence electrons. The van der Waals surface area contributed by atoms with Crippen molar-refractivity contribution in [1.29, 1.82) is 0 Å². The van der Waals surface area contributed by atoms with Crippen LogP contribution in [0.2, 0.25) is 0 Å². The Kier molecular flexibility index (Phi) is 7.92. The number of amides is 1. The molecule has 2 heterocycles. The van der Waals surface area contributed by atoms with Crippen LogP contribution in [0.25, 0.3) is 0 Å². The Morgan fingerprint density at radius 3 is 2.45 bits per heavy atom. The lowest BCUT2D eigenvalue weighted by Crippen LogP contribution is -2.49. The van der Waals surface area contributed by atoms with Crippen molar-refractivity contribution in [1.82, 2.24) is 9.80 Å². The zero-order valence-corrected chi connectivity index (χ0v) is 20.6. The lowest BCUT2D eigenvalue weighted by molar-refractivity contribution is 0.0746. The molecule has 0 spiro atoms. The topological polar surface area (TPSA) is 36.0 Å². The lowest BCUT2D eigenvalue weighted by atomic mass is 10.0. The molecule has 0 aromatic heterocycles. The average Bonchev–Trinajstić information content (AvgIpc) is 2.85. The standard InChI is InChI=1S/C28H39N3O2/c1-22-8-6-10-27(24(22)3)28(32)31-19-17-30(18-20-31)25-11-13-26(14-12-25)33-21-7-16-29-15-5-4-9-23(29)2/h6,8,10-14,23H,4-5,7,9,15-21H2,1-3H3. The zero-order valence-electron chi connectivity index (χ0n) is 20.6. The number of rotatable bonds is 7. The molecule has 1 atom stereocenters. The molecular formula is C28H39N3O2. The van der Waals surface area contributed by atoms with E-state index in [1.807, 2.05) is 24.0 Å². The van der Waals surface area contributed by atoms with Gasteiger partial charge in [-0.25, -0.2) is 0 Å². The number of hydrogen-bond donors (Lipinski definition) is 0. The molecule has 2 aliphatic rings. The maximum absolute atomic E-state index is 13.0. The van der Waals surface area contributed by atoms with E-state index in [0.29, 0.717) is 0 Å². The normalized spacial score (nSPS) is 19.5. The van der Waals surface area contributed by atoms with E-state index < -0.39 is 0 Å². The van der Waals surface area contributed by atoms with Crippen LogP contribution in [0.3, 0.4) is 0 Å². The molecule has 4 rings (SSSR count). The molecule has 0 N–H and O–H groups in total. The number of carbonyl (C=O) groups excluding carboxylic acids is 1. The molecule has 2 aromatic carbocycles. The van der Waals surface area contributed by atoms with E-state index in [0.717, 1.165) is 68.7 Å². The Balaban J connectivity index is 1.22. The maximum Gasteiger partial charge on any atom is 0.254 e. The Hall–Kier alpha value is -2.53. The van der Waals surface area contributed by atoms with Crippen LogP contribution in [-0.2, 0) is 0 Å². The Morgan fingerprint density at radius 2 is 1.73 bits per heavy atom. The first kappa shape index (κ1) is 23.6. The number of benzene rings is 2. The summed E-state index contributed by atoms with van der Waals surface area (Å²) >= 11 is 0. The average molecular weight is 450 g/mol. The predicted molar refractivity (Wildman–Crippen MR) is 135 cm³/mol. The fourth-order valence-corrected chi connectivity index (χ4v) is 5.02. The van der Waals surface area contributed by atoms with Crippen LogP contribution in [0.15, 0.2) is 42.5 Å². The Morgan fingerprint density at radius 1 is 0.970 bits per heavy atom. The third-order valence-electron chi connectivity index (χ3n) is 7.40. The van der Waals surface area contributed by atoms with Crippen LogP contribution in [0, 0.1) is 13.8 Å². The van der Waals surface area contributed by atoms with E-state index in [-0.39, 0.29) is 5.91 Å². The fourth-order valence-electron chi connectivity index (χ4n) is 5.02. The van der Waals surface area contributed by atoms with E-state index in [4.69, 9.17) is 4.74 Å². The highest BCUT2D eigenvalue weighted by Gasteiger charge is 2.23. The molecule has 0 radical (unpaired) electrons. The summed E-state index contributed by atoms with van der Waals surface area (Å²) in [5.41, 5.74) is 4.29. The van der Waals surface area contributed by atoms with Crippen LogP contribution in [0.5, 0.6) is 5.75 Å². The molecule has 2 aromatic rings. The van der Waals surface area contributed by atoms with Crippen molar-refractivity contribution >= 4 is 11.6 Å². The molecule has 5 heteroatoms. The van der Waals surface area contributed by atoms with Crippen molar-refractivity contribution < 1.29 is 9.53 Å². The summed E-state index contributed by atoms with van der Waals surface area (Å²) in [7, 11) is 0. The van der Waals surface area contributed by atoms with Gasteiger partial charge < -0.3 is 19.4 Å². The van der Waals surface area contributed by atoms with E-state index in [1.165, 1.54) is 37.1 Å². The van der Waals surface area contributed by atoms with Gasteiger partial charge in [0.2, 0.25) is 0 Å². The van der Waals surface area contributed by atoms with Gasteiger partial charge in [-0.2, -0.15) is 0 Å². The van der Waals surface area contributed by atoms with E-state index >= 15 is 0 Å². The monoisotopic (exact) mass is 449 g/mol. The van der Waals surface area contributed by atoms with E-state index in [1.54, 1.807) is 0 Å². The molecule has 1 amide bonds. The van der Waals surface area contributed by atoms with Crippen molar-refractivity contribution in [2.75, 3.05) is 50.8 Å². The second kappa shape index (κ2) is 11.1. The predicted octanol–water partition coefficient (Wildman–Crippen LogP) is 4.91. The summed E-state index contributed by atoms with van der Waals surface area (Å²) in [6.45, 7) is 12.8. The number of hydrogen-bond acceptors (Lipinski definition) is 4. The first-order chi connectivity index (χ1) is 16.0. The van der Waals surface area contributed by atoms with Crippen molar-refractivity contribution in [2.24, 2.45) is 0 Å². The highest BCUT2D eigenvalue weighted by molar-refractivity contribution is 5.96. The minimum absolute atomic E-state index is 0.151. The number of ether oxygens (including phenoxy) is 1. The number of aryl methyl sites for hydroxylation is 1. The quantitative estimate of drug-likeness (QED) is 0.563. The molecular weight excluding hydrogens is 410 g/mol. The molecule has 0 aliphatic carbocycles. The van der Waals surface area contributed by atoms with Crippen LogP contribution in [0.4, 0.5) is 5.69 Å². The first-order valence-corrected chi connectivity index (χ1v) is 12.6. The third kappa shape index (κ3) is 5.89. The molecule has 0 saturated carbocycles. The van der Waals surface area contributed by atoms with Gasteiger partial charge in [0.05, 0.1) is 6.61 Å². The minimum Gasteiger partial charge on any atom is -0.494 e. The van der Waals surface area contributed by atoms with Gasteiger partial charge in [-0.1, -0.05) is 18.6 Å². The van der Waals surface area contributed by atoms with Crippen LogP contribution in [0.1, 0.15) is 54.1 Å². The van der Waals surface area contributed by atoms with Crippen molar-refractivity contribution in [2.45, 2.75) is 52.5 Å². The van der Waals surface area contributed by atoms with Gasteiger partial charge in [-0.3, -0.25) is 4.79 Å². The molecule has 1 unspecified atom stereocenters. The summed E-state index contributed by atoms with van der Waals surface area (Å²) in [5.74, 6) is 1.09. The van der Waals surface area contributed by atoms with E-state index in [9.17, 15) is 4.79 Å². The number of carbonyl (C=O) groups is 1. The second-order valence-corrected chi connectivity index (χ2v) is 9.60. The highest BCUT2D eigenvalue weighted by atomic mass is 16.5. The first-order valence-electron chi connectivity index (χ1n) is 12.6.